The molecule has 0 fully saturated rings. The summed E-state index contributed by atoms with van der Waals surface area (Å²) >= 11 is 0. The first-order valence-corrected chi connectivity index (χ1v) is 6.81. The van der Waals surface area contributed by atoms with E-state index in [1.807, 2.05) is 67.6 Å². The molecule has 2 rings (SSSR count). The van der Waals surface area contributed by atoms with Gasteiger partial charge in [0, 0.05) is 11.1 Å². The summed E-state index contributed by atoms with van der Waals surface area (Å²) < 4.78 is 0. The van der Waals surface area contributed by atoms with E-state index in [1.165, 1.54) is 0 Å². The Morgan fingerprint density at radius 1 is 0.952 bits per heavy atom. The number of hydrogen-bond donors (Lipinski definition) is 0. The molecular formula is C20H18O. The molecule has 1 nitrogen and oxygen atoms in total. The van der Waals surface area contributed by atoms with E-state index in [4.69, 9.17) is 0 Å². The van der Waals surface area contributed by atoms with Crippen LogP contribution in [0.5, 0.6) is 0 Å². The average molecular weight is 274 g/mol. The maximum absolute atomic E-state index is 12.5. The van der Waals surface area contributed by atoms with Crippen LogP contribution in [-0.4, -0.2) is 5.78 Å². The van der Waals surface area contributed by atoms with E-state index in [0.717, 1.165) is 16.7 Å². The monoisotopic (exact) mass is 274 g/mol. The van der Waals surface area contributed by atoms with E-state index >= 15 is 0 Å². The van der Waals surface area contributed by atoms with E-state index in [1.54, 1.807) is 6.08 Å². The fourth-order valence-corrected chi connectivity index (χ4v) is 2.12. The van der Waals surface area contributed by atoms with E-state index in [9.17, 15) is 4.79 Å². The first kappa shape index (κ1) is 14.7. The molecule has 2 aromatic rings. The second-order valence-corrected chi connectivity index (χ2v) is 4.93. The van der Waals surface area contributed by atoms with Gasteiger partial charge in [-0.3, -0.25) is 4.79 Å². The van der Waals surface area contributed by atoms with Gasteiger partial charge in [0.15, 0.2) is 5.78 Å². The lowest BCUT2D eigenvalue weighted by Crippen LogP contribution is -2.01. The molecule has 1 heteroatoms. The molecule has 0 aromatic heterocycles. The number of carbonyl (C=O) groups excluding carboxylic acids is 1. The maximum Gasteiger partial charge on any atom is 0.193 e. The summed E-state index contributed by atoms with van der Waals surface area (Å²) in [6.07, 6.45) is 3.74. The van der Waals surface area contributed by atoms with Crippen LogP contribution in [0.25, 0.3) is 5.57 Å². The number of hydrogen-bond acceptors (Lipinski definition) is 1. The van der Waals surface area contributed by atoms with Gasteiger partial charge in [0.1, 0.15) is 0 Å². The minimum absolute atomic E-state index is 0.0242. The van der Waals surface area contributed by atoms with Gasteiger partial charge in [-0.25, -0.2) is 0 Å². The summed E-state index contributed by atoms with van der Waals surface area (Å²) in [4.78, 5) is 12.5. The van der Waals surface area contributed by atoms with E-state index < -0.39 is 0 Å². The Hall–Kier alpha value is -2.67. The minimum atomic E-state index is 0.0242. The molecule has 104 valence electrons. The van der Waals surface area contributed by atoms with Crippen LogP contribution in [-0.2, 0) is 0 Å². The highest BCUT2D eigenvalue weighted by Crippen LogP contribution is 2.20. The van der Waals surface area contributed by atoms with Crippen molar-refractivity contribution in [3.05, 3.63) is 102 Å². The lowest BCUT2D eigenvalue weighted by atomic mass is 9.97. The quantitative estimate of drug-likeness (QED) is 0.550. The van der Waals surface area contributed by atoms with E-state index in [-0.39, 0.29) is 5.78 Å². The summed E-state index contributed by atoms with van der Waals surface area (Å²) in [6, 6.07) is 16.9. The first-order valence-electron chi connectivity index (χ1n) is 6.81. The molecule has 0 N–H and O–H groups in total. The standard InChI is InChI=1S/C20H18O/c1-4-16(13-15(2)3)18-11-8-12-19(14-18)20(21)17-9-6-5-7-10-17/h4-14H,1-2H2,3H3/b16-13+. The number of rotatable bonds is 5. The van der Waals surface area contributed by atoms with Gasteiger partial charge >= 0.3 is 0 Å². The predicted octanol–water partition coefficient (Wildman–Crippen LogP) is 5.06. The third-order valence-electron chi connectivity index (χ3n) is 3.12. The summed E-state index contributed by atoms with van der Waals surface area (Å²) in [5, 5.41) is 0. The van der Waals surface area contributed by atoms with Crippen molar-refractivity contribution in [1.29, 1.82) is 0 Å². The molecule has 2 aromatic carbocycles. The number of benzene rings is 2. The molecule has 0 saturated carbocycles. The van der Waals surface area contributed by atoms with Crippen molar-refractivity contribution in [3.8, 4) is 0 Å². The Bertz CT molecular complexity index is 706. The van der Waals surface area contributed by atoms with Gasteiger partial charge in [0.05, 0.1) is 0 Å². The molecule has 0 radical (unpaired) electrons. The molecule has 0 heterocycles. The largest absolute Gasteiger partial charge is 0.289 e. The van der Waals surface area contributed by atoms with Crippen molar-refractivity contribution in [2.75, 3.05) is 0 Å². The molecule has 0 amide bonds. The molecule has 21 heavy (non-hydrogen) atoms. The van der Waals surface area contributed by atoms with E-state index in [2.05, 4.69) is 13.2 Å². The molecule has 0 atom stereocenters. The van der Waals surface area contributed by atoms with Crippen molar-refractivity contribution in [3.63, 3.8) is 0 Å². The van der Waals surface area contributed by atoms with Gasteiger partial charge in [-0.05, 0) is 24.1 Å². The second kappa shape index (κ2) is 6.67. The van der Waals surface area contributed by atoms with E-state index in [0.29, 0.717) is 11.1 Å². The molecule has 0 aliphatic heterocycles. The fraction of sp³-hybridized carbons (Fsp3) is 0.0500. The van der Waals surface area contributed by atoms with Gasteiger partial charge in [-0.15, -0.1) is 0 Å². The lowest BCUT2D eigenvalue weighted by Gasteiger charge is -2.06. The van der Waals surface area contributed by atoms with Crippen LogP contribution in [0.2, 0.25) is 0 Å². The SMILES string of the molecule is C=C/C(=C\C(=C)C)c1cccc(C(=O)c2ccccc2)c1. The number of allylic oxidation sites excluding steroid dienone is 4. The normalized spacial score (nSPS) is 11.0. The summed E-state index contributed by atoms with van der Waals surface area (Å²) in [5.41, 5.74) is 4.25. The Kier molecular flexibility index (Phi) is 4.68. The van der Waals surface area contributed by atoms with Gasteiger partial charge in [0.25, 0.3) is 0 Å². The van der Waals surface area contributed by atoms with Gasteiger partial charge in [0.2, 0.25) is 0 Å². The van der Waals surface area contributed by atoms with Crippen LogP contribution < -0.4 is 0 Å². The highest BCUT2D eigenvalue weighted by atomic mass is 16.1. The fourth-order valence-electron chi connectivity index (χ4n) is 2.12. The van der Waals surface area contributed by atoms with Crippen LogP contribution in [0, 0.1) is 0 Å². The van der Waals surface area contributed by atoms with Crippen molar-refractivity contribution in [1.82, 2.24) is 0 Å². The number of carbonyl (C=O) groups is 1. The Morgan fingerprint density at radius 3 is 2.19 bits per heavy atom. The second-order valence-electron chi connectivity index (χ2n) is 4.93. The first-order chi connectivity index (χ1) is 10.1. The summed E-state index contributed by atoms with van der Waals surface area (Å²) in [7, 11) is 0. The zero-order valence-electron chi connectivity index (χ0n) is 12.2. The van der Waals surface area contributed by atoms with Crippen molar-refractivity contribution in [2.45, 2.75) is 6.92 Å². The van der Waals surface area contributed by atoms with Gasteiger partial charge in [-0.2, -0.15) is 0 Å². The molecule has 0 bridgehead atoms. The van der Waals surface area contributed by atoms with Crippen molar-refractivity contribution in [2.24, 2.45) is 0 Å². The zero-order chi connectivity index (χ0) is 15.2. The van der Waals surface area contributed by atoms with Crippen LogP contribution in [0.4, 0.5) is 0 Å². The predicted molar refractivity (Wildman–Crippen MR) is 89.3 cm³/mol. The molecule has 0 aliphatic carbocycles. The molecular weight excluding hydrogens is 256 g/mol. The molecule has 0 unspecified atom stereocenters. The van der Waals surface area contributed by atoms with Crippen molar-refractivity contribution >= 4 is 11.4 Å². The topological polar surface area (TPSA) is 17.1 Å². The minimum Gasteiger partial charge on any atom is -0.289 e. The van der Waals surface area contributed by atoms with Crippen LogP contribution in [0.1, 0.15) is 28.4 Å². The van der Waals surface area contributed by atoms with Gasteiger partial charge < -0.3 is 0 Å². The summed E-state index contributed by atoms with van der Waals surface area (Å²) in [5.74, 6) is 0.0242. The maximum atomic E-state index is 12.5. The number of ketones is 1. The van der Waals surface area contributed by atoms with Crippen LogP contribution >= 0.6 is 0 Å². The summed E-state index contributed by atoms with van der Waals surface area (Å²) in [6.45, 7) is 9.64. The van der Waals surface area contributed by atoms with Crippen molar-refractivity contribution < 1.29 is 4.79 Å². The Morgan fingerprint density at radius 2 is 1.57 bits per heavy atom. The average Bonchev–Trinajstić information content (AvgIpc) is 2.52. The third kappa shape index (κ3) is 3.67. The smallest absolute Gasteiger partial charge is 0.193 e. The molecule has 0 aliphatic rings. The Balaban J connectivity index is 2.40. The van der Waals surface area contributed by atoms with Crippen LogP contribution in [0.15, 0.2) is 85.5 Å². The zero-order valence-corrected chi connectivity index (χ0v) is 12.2. The third-order valence-corrected chi connectivity index (χ3v) is 3.12. The van der Waals surface area contributed by atoms with Crippen LogP contribution in [0.3, 0.4) is 0 Å². The highest BCUT2D eigenvalue weighted by molar-refractivity contribution is 6.09. The Labute approximate surface area is 126 Å². The van der Waals surface area contributed by atoms with Gasteiger partial charge in [-0.1, -0.05) is 79.4 Å². The molecule has 0 spiro atoms. The highest BCUT2D eigenvalue weighted by Gasteiger charge is 2.09. The molecule has 0 saturated heterocycles. The lowest BCUT2D eigenvalue weighted by molar-refractivity contribution is 0.103.